The van der Waals surface area contributed by atoms with Crippen molar-refractivity contribution in [2.45, 2.75) is 38.1 Å². The number of carboxylic acid groups (broad SMARTS) is 1. The number of thiophene rings is 1. The van der Waals surface area contributed by atoms with Crippen molar-refractivity contribution in [3.63, 3.8) is 0 Å². The standard InChI is InChI=1S/C14H19BrN2O3S/c15-12-6-5-11(21-12)7-8-16-14(20)17-10-3-1-9(2-4-10)13(18)19/h5-6,9-10H,1-4,7-8H2,(H,18,19)(H2,16,17,20). The van der Waals surface area contributed by atoms with E-state index in [1.165, 1.54) is 4.88 Å². The number of carboxylic acids is 1. The highest BCUT2D eigenvalue weighted by Gasteiger charge is 2.26. The van der Waals surface area contributed by atoms with Crippen molar-refractivity contribution in [2.24, 2.45) is 5.92 Å². The molecule has 0 spiro atoms. The lowest BCUT2D eigenvalue weighted by Gasteiger charge is -2.26. The van der Waals surface area contributed by atoms with Crippen LogP contribution in [0.5, 0.6) is 0 Å². The number of aliphatic carboxylic acids is 1. The maximum atomic E-state index is 11.8. The van der Waals surface area contributed by atoms with Crippen LogP contribution in [0.1, 0.15) is 30.6 Å². The highest BCUT2D eigenvalue weighted by atomic mass is 79.9. The Morgan fingerprint density at radius 2 is 2.00 bits per heavy atom. The molecule has 0 saturated heterocycles. The fourth-order valence-electron chi connectivity index (χ4n) is 2.51. The summed E-state index contributed by atoms with van der Waals surface area (Å²) in [4.78, 5) is 23.9. The lowest BCUT2D eigenvalue weighted by atomic mass is 9.86. The van der Waals surface area contributed by atoms with Crippen molar-refractivity contribution >= 4 is 39.3 Å². The van der Waals surface area contributed by atoms with Crippen molar-refractivity contribution in [1.29, 1.82) is 0 Å². The number of hydrogen-bond donors (Lipinski definition) is 3. The van der Waals surface area contributed by atoms with Crippen LogP contribution in [-0.4, -0.2) is 29.7 Å². The first-order valence-electron chi connectivity index (χ1n) is 7.06. The van der Waals surface area contributed by atoms with Gasteiger partial charge in [0, 0.05) is 17.5 Å². The van der Waals surface area contributed by atoms with Gasteiger partial charge in [0.15, 0.2) is 0 Å². The van der Waals surface area contributed by atoms with Crippen LogP contribution in [-0.2, 0) is 11.2 Å². The summed E-state index contributed by atoms with van der Waals surface area (Å²) in [5.74, 6) is -0.969. The Kier molecular flexibility index (Phi) is 6.05. The van der Waals surface area contributed by atoms with Gasteiger partial charge in [-0.1, -0.05) is 0 Å². The molecule has 0 bridgehead atoms. The van der Waals surface area contributed by atoms with E-state index in [0.29, 0.717) is 19.4 Å². The van der Waals surface area contributed by atoms with Gasteiger partial charge < -0.3 is 15.7 Å². The van der Waals surface area contributed by atoms with E-state index >= 15 is 0 Å². The third kappa shape index (κ3) is 5.32. The largest absolute Gasteiger partial charge is 0.481 e. The van der Waals surface area contributed by atoms with Gasteiger partial charge in [-0.15, -0.1) is 11.3 Å². The van der Waals surface area contributed by atoms with Gasteiger partial charge in [0.2, 0.25) is 0 Å². The maximum Gasteiger partial charge on any atom is 0.315 e. The molecular formula is C14H19BrN2O3S. The van der Waals surface area contributed by atoms with Gasteiger partial charge in [-0.3, -0.25) is 4.79 Å². The molecule has 116 valence electrons. The number of rotatable bonds is 5. The van der Waals surface area contributed by atoms with E-state index in [4.69, 9.17) is 5.11 Å². The molecule has 1 heterocycles. The molecule has 0 aromatic carbocycles. The molecule has 2 amide bonds. The summed E-state index contributed by atoms with van der Waals surface area (Å²) < 4.78 is 1.09. The molecule has 0 aliphatic heterocycles. The SMILES string of the molecule is O=C(NCCc1ccc(Br)s1)NC1CCC(C(=O)O)CC1. The minimum atomic E-state index is -0.722. The first kappa shape index (κ1) is 16.3. The number of halogens is 1. The molecule has 1 aromatic heterocycles. The Bertz CT molecular complexity index is 498. The Morgan fingerprint density at radius 1 is 1.29 bits per heavy atom. The van der Waals surface area contributed by atoms with Gasteiger partial charge >= 0.3 is 12.0 Å². The van der Waals surface area contributed by atoms with E-state index in [-0.39, 0.29) is 18.0 Å². The lowest BCUT2D eigenvalue weighted by molar-refractivity contribution is -0.142. The number of amides is 2. The van der Waals surface area contributed by atoms with Crippen LogP contribution >= 0.6 is 27.3 Å². The molecule has 0 radical (unpaired) electrons. The average molecular weight is 375 g/mol. The molecule has 21 heavy (non-hydrogen) atoms. The Hall–Kier alpha value is -1.08. The van der Waals surface area contributed by atoms with Gasteiger partial charge in [0.05, 0.1) is 9.70 Å². The summed E-state index contributed by atoms with van der Waals surface area (Å²) >= 11 is 5.08. The summed E-state index contributed by atoms with van der Waals surface area (Å²) in [6, 6.07) is 3.98. The van der Waals surface area contributed by atoms with E-state index in [1.807, 2.05) is 12.1 Å². The van der Waals surface area contributed by atoms with Crippen LogP contribution in [0.2, 0.25) is 0 Å². The van der Waals surface area contributed by atoms with Crippen LogP contribution < -0.4 is 10.6 Å². The highest BCUT2D eigenvalue weighted by Crippen LogP contribution is 2.24. The Balaban J connectivity index is 1.62. The summed E-state index contributed by atoms with van der Waals surface area (Å²) in [6.07, 6.45) is 3.58. The van der Waals surface area contributed by atoms with E-state index < -0.39 is 5.97 Å². The molecule has 7 heteroatoms. The minimum absolute atomic E-state index is 0.0940. The topological polar surface area (TPSA) is 78.4 Å². The third-order valence-electron chi connectivity index (χ3n) is 3.70. The third-order valence-corrected chi connectivity index (χ3v) is 5.38. The fourth-order valence-corrected chi connectivity index (χ4v) is 3.99. The number of urea groups is 1. The molecule has 0 unspecified atom stereocenters. The lowest BCUT2D eigenvalue weighted by Crippen LogP contribution is -2.44. The molecule has 5 nitrogen and oxygen atoms in total. The molecule has 1 saturated carbocycles. The number of carbonyl (C=O) groups excluding carboxylic acids is 1. The van der Waals surface area contributed by atoms with E-state index in [9.17, 15) is 9.59 Å². The van der Waals surface area contributed by atoms with Crippen LogP contribution in [0.15, 0.2) is 15.9 Å². The smallest absolute Gasteiger partial charge is 0.315 e. The summed E-state index contributed by atoms with van der Waals surface area (Å²) in [6.45, 7) is 0.600. The molecule has 1 fully saturated rings. The van der Waals surface area contributed by atoms with Crippen molar-refractivity contribution in [3.05, 3.63) is 20.8 Å². The van der Waals surface area contributed by atoms with Gasteiger partial charge in [0.25, 0.3) is 0 Å². The van der Waals surface area contributed by atoms with Crippen molar-refractivity contribution in [2.75, 3.05) is 6.54 Å². The minimum Gasteiger partial charge on any atom is -0.481 e. The van der Waals surface area contributed by atoms with Crippen LogP contribution in [0.3, 0.4) is 0 Å². The number of carbonyl (C=O) groups is 2. The molecule has 1 aromatic rings. The second kappa shape index (κ2) is 7.79. The van der Waals surface area contributed by atoms with Gasteiger partial charge in [0.1, 0.15) is 0 Å². The van der Waals surface area contributed by atoms with Gasteiger partial charge in [-0.25, -0.2) is 4.79 Å². The number of hydrogen-bond acceptors (Lipinski definition) is 3. The molecular weight excluding hydrogens is 356 g/mol. The molecule has 1 aliphatic carbocycles. The van der Waals surface area contributed by atoms with E-state index in [1.54, 1.807) is 11.3 Å². The van der Waals surface area contributed by atoms with Crippen molar-refractivity contribution < 1.29 is 14.7 Å². The normalized spacial score (nSPS) is 21.8. The zero-order valence-electron chi connectivity index (χ0n) is 11.6. The van der Waals surface area contributed by atoms with Crippen molar-refractivity contribution in [1.82, 2.24) is 10.6 Å². The monoisotopic (exact) mass is 374 g/mol. The van der Waals surface area contributed by atoms with E-state index in [0.717, 1.165) is 23.0 Å². The predicted molar refractivity (Wildman–Crippen MR) is 85.6 cm³/mol. The first-order chi connectivity index (χ1) is 10.0. The summed E-state index contributed by atoms with van der Waals surface area (Å²) in [7, 11) is 0. The van der Waals surface area contributed by atoms with Gasteiger partial charge in [-0.2, -0.15) is 0 Å². The van der Waals surface area contributed by atoms with Crippen LogP contribution in [0.25, 0.3) is 0 Å². The Labute approximate surface area is 136 Å². The van der Waals surface area contributed by atoms with Crippen molar-refractivity contribution in [3.8, 4) is 0 Å². The quantitative estimate of drug-likeness (QED) is 0.740. The number of nitrogens with one attached hydrogen (secondary N) is 2. The van der Waals surface area contributed by atoms with Crippen LogP contribution in [0, 0.1) is 5.92 Å². The second-order valence-electron chi connectivity index (χ2n) is 5.24. The van der Waals surface area contributed by atoms with Gasteiger partial charge in [-0.05, 0) is 60.2 Å². The van der Waals surface area contributed by atoms with E-state index in [2.05, 4.69) is 26.6 Å². The first-order valence-corrected chi connectivity index (χ1v) is 8.67. The molecule has 2 rings (SSSR count). The summed E-state index contributed by atoms with van der Waals surface area (Å²) in [5.41, 5.74) is 0. The predicted octanol–water partition coefficient (Wildman–Crippen LogP) is 3.00. The molecule has 0 atom stereocenters. The fraction of sp³-hybridized carbons (Fsp3) is 0.571. The molecule has 1 aliphatic rings. The van der Waals surface area contributed by atoms with Crippen LogP contribution in [0.4, 0.5) is 4.79 Å². The molecule has 3 N–H and O–H groups in total. The average Bonchev–Trinajstić information content (AvgIpc) is 2.85. The zero-order chi connectivity index (χ0) is 15.2. The summed E-state index contributed by atoms with van der Waals surface area (Å²) in [5, 5.41) is 14.7. The zero-order valence-corrected chi connectivity index (χ0v) is 14.0. The second-order valence-corrected chi connectivity index (χ2v) is 7.79. The maximum absolute atomic E-state index is 11.8. The Morgan fingerprint density at radius 3 is 2.57 bits per heavy atom. The highest BCUT2D eigenvalue weighted by molar-refractivity contribution is 9.11.